The van der Waals surface area contributed by atoms with Crippen LogP contribution in [0.5, 0.6) is 17.2 Å². The van der Waals surface area contributed by atoms with E-state index in [-0.39, 0.29) is 59.3 Å². The summed E-state index contributed by atoms with van der Waals surface area (Å²) in [6.45, 7) is 9.24. The van der Waals surface area contributed by atoms with Crippen LogP contribution in [-0.2, 0) is 14.4 Å². The number of carbonyl (C=O) groups excluding carboxylic acids is 5. The number of phenolic OH excluding ortho intramolecular Hbond substituents is 1. The van der Waals surface area contributed by atoms with Crippen molar-refractivity contribution in [3.05, 3.63) is 95.8 Å². The van der Waals surface area contributed by atoms with Gasteiger partial charge in [-0.05, 0) is 94.1 Å². The molecular weight excluding hydrogens is 897 g/mol. The van der Waals surface area contributed by atoms with E-state index in [1.165, 1.54) is 11.8 Å². The normalized spacial score (nSPS) is 20.3. The Bertz CT molecular complexity index is 2790. The number of hydrogen-bond acceptors (Lipinski definition) is 16. The van der Waals surface area contributed by atoms with Gasteiger partial charge in [0.25, 0.3) is 11.8 Å². The molecule has 5 aliphatic heterocycles. The number of para-hydroxylation sites is 1. The molecule has 70 heavy (non-hydrogen) atoms. The van der Waals surface area contributed by atoms with E-state index in [9.17, 15) is 29.1 Å². The number of rotatable bonds is 15. The molecule has 0 radical (unpaired) electrons. The summed E-state index contributed by atoms with van der Waals surface area (Å²) in [5.41, 5.74) is 10.3. The summed E-state index contributed by atoms with van der Waals surface area (Å²) < 4.78 is 14.3. The molecule has 4 fully saturated rings. The number of aromatic hydroxyl groups is 1. The molecule has 3 aromatic carbocycles. The molecule has 364 valence electrons. The first kappa shape index (κ1) is 46.1. The zero-order valence-corrected chi connectivity index (χ0v) is 39.0. The maximum Gasteiger partial charge on any atom is 0.266 e. The summed E-state index contributed by atoms with van der Waals surface area (Å²) in [5.74, 6) is -1.25. The van der Waals surface area contributed by atoms with E-state index in [4.69, 9.17) is 15.2 Å². The minimum absolute atomic E-state index is 0.0204. The number of nitrogens with zero attached hydrogens (tertiary/aromatic N) is 10. The molecule has 0 bridgehead atoms. The van der Waals surface area contributed by atoms with Crippen molar-refractivity contribution < 1.29 is 38.6 Å². The van der Waals surface area contributed by atoms with Crippen molar-refractivity contribution in [3.8, 4) is 28.5 Å². The van der Waals surface area contributed by atoms with Crippen LogP contribution >= 0.6 is 0 Å². The lowest BCUT2D eigenvalue weighted by molar-refractivity contribution is -0.138. The highest BCUT2D eigenvalue weighted by Gasteiger charge is 2.46. The molecule has 7 heterocycles. The molecule has 4 saturated heterocycles. The first-order valence-electron chi connectivity index (χ1n) is 24.1. The average molecular weight is 953 g/mol. The van der Waals surface area contributed by atoms with Crippen molar-refractivity contribution >= 4 is 46.7 Å². The van der Waals surface area contributed by atoms with Crippen LogP contribution in [0, 0.1) is 0 Å². The summed E-state index contributed by atoms with van der Waals surface area (Å²) in [4.78, 5) is 74.1. The van der Waals surface area contributed by atoms with Crippen molar-refractivity contribution in [2.24, 2.45) is 0 Å². The zero-order chi connectivity index (χ0) is 48.5. The number of fused-ring (bicyclic) bond motifs is 1. The van der Waals surface area contributed by atoms with Gasteiger partial charge in [0, 0.05) is 81.7 Å². The third kappa shape index (κ3) is 9.54. The Morgan fingerprint density at radius 1 is 0.829 bits per heavy atom. The van der Waals surface area contributed by atoms with Gasteiger partial charge in [0.2, 0.25) is 17.7 Å². The number of benzene rings is 3. The highest BCUT2D eigenvalue weighted by molar-refractivity contribution is 6.24. The van der Waals surface area contributed by atoms with Crippen molar-refractivity contribution in [1.82, 2.24) is 45.2 Å². The van der Waals surface area contributed by atoms with Crippen LogP contribution in [0.25, 0.3) is 11.3 Å². The molecular formula is C50H56N12O8. The number of likely N-dealkylation sites (tertiary alicyclic amines) is 1. The maximum absolute atomic E-state index is 13.5. The fourth-order valence-electron chi connectivity index (χ4n) is 9.94. The summed E-state index contributed by atoms with van der Waals surface area (Å²) in [6, 6.07) is 21.1. The Kier molecular flexibility index (Phi) is 13.0. The molecule has 0 spiro atoms. The summed E-state index contributed by atoms with van der Waals surface area (Å²) >= 11 is 0. The zero-order valence-electron chi connectivity index (χ0n) is 39.0. The molecule has 0 aliphatic carbocycles. The summed E-state index contributed by atoms with van der Waals surface area (Å²) in [6.07, 6.45) is 5.29. The number of unbranched alkanes of at least 4 members (excludes halogenated alkanes) is 1. The van der Waals surface area contributed by atoms with Gasteiger partial charge in [-0.25, -0.2) is 4.68 Å². The van der Waals surface area contributed by atoms with Crippen LogP contribution in [0.1, 0.15) is 90.4 Å². The van der Waals surface area contributed by atoms with Gasteiger partial charge in [-0.1, -0.05) is 23.4 Å². The standard InChI is InChI=1S/C50H56N12O8/c1-31(69-42-12-6-10-37-46(42)50(68)62(49(37)67)40-18-19-44(64)52-48(40)66)39-30-61(56-54-39)34-27-60(28-34)45(65)13-4-5-20-57-22-24-58(25-23-57)32-14-16-33(17-15-32)59-21-7-8-35(29-59)70-43-26-38(53-55-47(43)51)36-9-2-3-11-41(36)63/h2-3,6,9-12,14-17,26,30-31,34-35,40,63H,4-5,7-8,13,18-25,27-29H2,1H3,(H2,51,55)(H,52,64,66). The monoisotopic (exact) mass is 952 g/mol. The average Bonchev–Trinajstić information content (AvgIpc) is 3.94. The number of piperidine rings is 2. The second kappa shape index (κ2) is 19.8. The van der Waals surface area contributed by atoms with Gasteiger partial charge >= 0.3 is 0 Å². The summed E-state index contributed by atoms with van der Waals surface area (Å²) in [5, 5.41) is 29.4. The van der Waals surface area contributed by atoms with Crippen LogP contribution in [0.15, 0.2) is 79.0 Å². The Morgan fingerprint density at radius 2 is 1.59 bits per heavy atom. The highest BCUT2D eigenvalue weighted by atomic mass is 16.5. The van der Waals surface area contributed by atoms with Gasteiger partial charge in [0.15, 0.2) is 11.6 Å². The Labute approximate surface area is 404 Å². The van der Waals surface area contributed by atoms with Crippen molar-refractivity contribution in [3.63, 3.8) is 0 Å². The van der Waals surface area contributed by atoms with E-state index < -0.39 is 35.8 Å². The van der Waals surface area contributed by atoms with Crippen molar-refractivity contribution in [1.29, 1.82) is 0 Å². The molecule has 20 heteroatoms. The summed E-state index contributed by atoms with van der Waals surface area (Å²) in [7, 11) is 0. The van der Waals surface area contributed by atoms with Crippen LogP contribution in [-0.4, -0.2) is 146 Å². The van der Waals surface area contributed by atoms with Crippen molar-refractivity contribution in [2.75, 3.05) is 74.4 Å². The van der Waals surface area contributed by atoms with Gasteiger partial charge in [-0.15, -0.1) is 15.3 Å². The van der Waals surface area contributed by atoms with E-state index >= 15 is 0 Å². The second-order valence-electron chi connectivity index (χ2n) is 18.6. The van der Waals surface area contributed by atoms with E-state index in [1.54, 1.807) is 54.2 Å². The number of imide groups is 2. The van der Waals surface area contributed by atoms with Gasteiger partial charge in [-0.3, -0.25) is 39.1 Å². The lowest BCUT2D eigenvalue weighted by Gasteiger charge is -2.39. The molecule has 5 aromatic rings. The number of nitrogen functional groups attached to an aromatic ring is 1. The number of carbonyl (C=O) groups is 5. The largest absolute Gasteiger partial charge is 0.507 e. The predicted octanol–water partition coefficient (Wildman–Crippen LogP) is 3.99. The highest BCUT2D eigenvalue weighted by Crippen LogP contribution is 2.37. The quantitative estimate of drug-likeness (QED) is 0.0994. The van der Waals surface area contributed by atoms with Crippen LogP contribution in [0.2, 0.25) is 0 Å². The Hall–Kier alpha value is -7.61. The number of nitrogens with one attached hydrogen (secondary N) is 1. The molecule has 0 saturated carbocycles. The number of piperazine rings is 1. The fourth-order valence-corrected chi connectivity index (χ4v) is 9.94. The topological polar surface area (TPSA) is 235 Å². The number of aromatic nitrogens is 5. The molecule has 5 amide bonds. The third-order valence-electron chi connectivity index (χ3n) is 14.0. The molecule has 3 atom stereocenters. The number of anilines is 3. The molecule has 20 nitrogen and oxygen atoms in total. The minimum Gasteiger partial charge on any atom is -0.507 e. The van der Waals surface area contributed by atoms with Crippen LogP contribution in [0.4, 0.5) is 17.2 Å². The first-order valence-corrected chi connectivity index (χ1v) is 24.1. The van der Waals surface area contributed by atoms with E-state index in [0.29, 0.717) is 48.8 Å². The smallest absolute Gasteiger partial charge is 0.266 e. The molecule has 10 rings (SSSR count). The fraction of sp³-hybridized carbons (Fsp3) is 0.420. The van der Waals surface area contributed by atoms with E-state index in [1.807, 2.05) is 11.0 Å². The van der Waals surface area contributed by atoms with Crippen LogP contribution in [0.3, 0.4) is 0 Å². The number of nitrogens with two attached hydrogens (primary N) is 1. The van der Waals surface area contributed by atoms with Crippen molar-refractivity contribution in [2.45, 2.75) is 76.2 Å². The maximum atomic E-state index is 13.5. The number of phenols is 1. The molecule has 2 aromatic heterocycles. The van der Waals surface area contributed by atoms with Gasteiger partial charge in [-0.2, -0.15) is 0 Å². The SMILES string of the molecule is CC(Oc1cccc2c1C(=O)N(C1CCC(=O)NC1=O)C2=O)c1cn(C2CN(C(=O)CCCCN3CCN(c4ccc(N5CCCC(Oc6cc(-c7ccccc7O)nnc6N)C5)cc4)CC3)C2)nn1. The Balaban J connectivity index is 0.627. The third-order valence-corrected chi connectivity index (χ3v) is 14.0. The van der Waals surface area contributed by atoms with Gasteiger partial charge < -0.3 is 35.0 Å². The number of amides is 5. The van der Waals surface area contributed by atoms with E-state index in [0.717, 1.165) is 75.5 Å². The molecule has 4 N–H and O–H groups in total. The number of hydrogen-bond donors (Lipinski definition) is 3. The van der Waals surface area contributed by atoms with Gasteiger partial charge in [0.1, 0.15) is 41.1 Å². The lowest BCUT2D eigenvalue weighted by Crippen LogP contribution is -2.54. The van der Waals surface area contributed by atoms with Crippen LogP contribution < -0.4 is 30.3 Å². The Morgan fingerprint density at radius 3 is 2.36 bits per heavy atom. The predicted molar refractivity (Wildman–Crippen MR) is 256 cm³/mol. The minimum atomic E-state index is -1.08. The van der Waals surface area contributed by atoms with Gasteiger partial charge in [0.05, 0.1) is 29.9 Å². The van der Waals surface area contributed by atoms with E-state index in [2.05, 4.69) is 64.8 Å². The number of ether oxygens (including phenoxy) is 2. The first-order chi connectivity index (χ1) is 34.0. The lowest BCUT2D eigenvalue weighted by atomic mass is 10.0. The second-order valence-corrected chi connectivity index (χ2v) is 18.6. The molecule has 3 unspecified atom stereocenters. The molecule has 5 aliphatic rings.